The minimum atomic E-state index is 0.289. The van der Waals surface area contributed by atoms with Gasteiger partial charge in [0.25, 0.3) is 0 Å². The van der Waals surface area contributed by atoms with Crippen LogP contribution < -0.4 is 5.32 Å². The summed E-state index contributed by atoms with van der Waals surface area (Å²) in [6.07, 6.45) is 6.82. The first-order valence-electron chi connectivity index (χ1n) is 8.42. The molecule has 0 aromatic heterocycles. The predicted molar refractivity (Wildman–Crippen MR) is 102 cm³/mol. The predicted octanol–water partition coefficient (Wildman–Crippen LogP) is 4.65. The molecule has 1 rings (SSSR count). The summed E-state index contributed by atoms with van der Waals surface area (Å²) < 4.78 is 0. The lowest BCUT2D eigenvalue weighted by Gasteiger charge is -2.23. The van der Waals surface area contributed by atoms with Crippen LogP contribution in [0.15, 0.2) is 30.4 Å². The number of nitrogens with zero attached hydrogens (tertiary/aromatic N) is 1. The van der Waals surface area contributed by atoms with Gasteiger partial charge in [-0.3, -0.25) is 5.41 Å². The third-order valence-electron chi connectivity index (χ3n) is 4.11. The quantitative estimate of drug-likeness (QED) is 0.392. The van der Waals surface area contributed by atoms with E-state index in [2.05, 4.69) is 37.4 Å². The summed E-state index contributed by atoms with van der Waals surface area (Å²) in [6.45, 7) is 7.84. The Labute approximate surface area is 146 Å². The first-order valence-corrected chi connectivity index (χ1v) is 8.79. The number of aryl methyl sites for hydroxylation is 1. The van der Waals surface area contributed by atoms with Crippen molar-refractivity contribution in [3.8, 4) is 0 Å². The minimum absolute atomic E-state index is 0.289. The Morgan fingerprint density at radius 1 is 1.39 bits per heavy atom. The number of benzene rings is 1. The van der Waals surface area contributed by atoms with Crippen LogP contribution in [-0.2, 0) is 13.0 Å². The Morgan fingerprint density at radius 2 is 2.13 bits per heavy atom. The Morgan fingerprint density at radius 3 is 2.74 bits per heavy atom. The van der Waals surface area contributed by atoms with E-state index in [9.17, 15) is 0 Å². The highest BCUT2D eigenvalue weighted by molar-refractivity contribution is 6.31. The Bertz CT molecular complexity index is 525. The van der Waals surface area contributed by atoms with Crippen LogP contribution >= 0.6 is 11.6 Å². The second-order valence-corrected chi connectivity index (χ2v) is 6.27. The lowest BCUT2D eigenvalue weighted by atomic mass is 10.1. The van der Waals surface area contributed by atoms with Gasteiger partial charge in [-0.1, -0.05) is 49.7 Å². The van der Waals surface area contributed by atoms with Gasteiger partial charge in [-0.25, -0.2) is 0 Å². The Hall–Kier alpha value is -1.32. The van der Waals surface area contributed by atoms with E-state index < -0.39 is 0 Å². The van der Waals surface area contributed by atoms with E-state index in [1.165, 1.54) is 5.56 Å². The zero-order valence-corrected chi connectivity index (χ0v) is 15.6. The van der Waals surface area contributed by atoms with Gasteiger partial charge in [-0.2, -0.15) is 0 Å². The van der Waals surface area contributed by atoms with Crippen molar-refractivity contribution >= 4 is 17.4 Å². The summed E-state index contributed by atoms with van der Waals surface area (Å²) >= 11 is 6.30. The molecule has 0 saturated carbocycles. The summed E-state index contributed by atoms with van der Waals surface area (Å²) in [5.41, 5.74) is 2.44. The molecule has 0 bridgehead atoms. The smallest absolute Gasteiger partial charge is 0.0973 e. The summed E-state index contributed by atoms with van der Waals surface area (Å²) in [5.74, 6) is 0.663. The molecule has 128 valence electrons. The highest BCUT2D eigenvalue weighted by Crippen LogP contribution is 2.18. The van der Waals surface area contributed by atoms with Crippen molar-refractivity contribution in [2.75, 3.05) is 13.6 Å². The minimum Gasteiger partial charge on any atom is -0.360 e. The first-order chi connectivity index (χ1) is 11.0. The van der Waals surface area contributed by atoms with Gasteiger partial charge in [0, 0.05) is 37.6 Å². The van der Waals surface area contributed by atoms with Gasteiger partial charge < -0.3 is 10.2 Å². The average molecular weight is 336 g/mol. The zero-order chi connectivity index (χ0) is 17.2. The topological polar surface area (TPSA) is 39.1 Å². The molecule has 0 radical (unpaired) electrons. The molecule has 1 aromatic carbocycles. The van der Waals surface area contributed by atoms with Gasteiger partial charge in [-0.05, 0) is 37.0 Å². The summed E-state index contributed by atoms with van der Waals surface area (Å²) in [6, 6.07) is 6.52. The molecule has 0 heterocycles. The van der Waals surface area contributed by atoms with Crippen LogP contribution in [0.5, 0.6) is 0 Å². The summed E-state index contributed by atoms with van der Waals surface area (Å²) in [7, 11) is 1.97. The lowest BCUT2D eigenvalue weighted by molar-refractivity contribution is 0.472. The molecule has 0 spiro atoms. The van der Waals surface area contributed by atoms with E-state index in [0.717, 1.165) is 42.9 Å². The lowest BCUT2D eigenvalue weighted by Crippen LogP contribution is -2.35. The van der Waals surface area contributed by atoms with Gasteiger partial charge >= 0.3 is 0 Å². The molecule has 0 aliphatic rings. The molecule has 0 aliphatic carbocycles. The summed E-state index contributed by atoms with van der Waals surface area (Å²) in [5, 5.41) is 12.6. The van der Waals surface area contributed by atoms with E-state index in [1.807, 2.05) is 31.0 Å². The second-order valence-electron chi connectivity index (χ2n) is 5.87. The van der Waals surface area contributed by atoms with Crippen LogP contribution in [-0.4, -0.2) is 30.4 Å². The van der Waals surface area contributed by atoms with E-state index in [-0.39, 0.29) is 6.04 Å². The monoisotopic (exact) mass is 335 g/mol. The van der Waals surface area contributed by atoms with Crippen molar-refractivity contribution in [3.63, 3.8) is 0 Å². The number of hydrogen-bond acceptors (Lipinski definition) is 2. The maximum Gasteiger partial charge on any atom is 0.0973 e. The van der Waals surface area contributed by atoms with E-state index in [4.69, 9.17) is 17.0 Å². The fourth-order valence-corrected chi connectivity index (χ4v) is 2.55. The third-order valence-corrected chi connectivity index (χ3v) is 4.48. The van der Waals surface area contributed by atoms with E-state index in [1.54, 1.807) is 0 Å². The van der Waals surface area contributed by atoms with Crippen molar-refractivity contribution in [2.24, 2.45) is 0 Å². The van der Waals surface area contributed by atoms with Gasteiger partial charge in [0.2, 0.25) is 0 Å². The standard InChI is InChI=1S/C19H30ClN3/c1-5-8-11-23(4)19(21)13-17(7-3)22-14-16-12-15(6-2)9-10-18(16)20/h5,8-10,12,17,21-22H,6-7,11,13-14H2,1-4H3. The number of halogens is 1. The summed E-state index contributed by atoms with van der Waals surface area (Å²) in [4.78, 5) is 1.98. The number of amidine groups is 1. The van der Waals surface area contributed by atoms with Crippen LogP contribution in [0.25, 0.3) is 0 Å². The molecule has 4 heteroatoms. The normalized spacial score (nSPS) is 12.6. The van der Waals surface area contributed by atoms with Gasteiger partial charge in [0.1, 0.15) is 0 Å². The number of hydrogen-bond donors (Lipinski definition) is 2. The number of allylic oxidation sites excluding steroid dienone is 1. The van der Waals surface area contributed by atoms with Crippen molar-refractivity contribution in [1.82, 2.24) is 10.2 Å². The molecule has 1 aromatic rings. The largest absolute Gasteiger partial charge is 0.360 e. The average Bonchev–Trinajstić information content (AvgIpc) is 2.57. The van der Waals surface area contributed by atoms with Crippen molar-refractivity contribution in [1.29, 1.82) is 5.41 Å². The second kappa shape index (κ2) is 10.5. The molecule has 0 fully saturated rings. The molecule has 3 nitrogen and oxygen atoms in total. The number of rotatable bonds is 9. The van der Waals surface area contributed by atoms with Crippen molar-refractivity contribution in [3.05, 3.63) is 46.5 Å². The SMILES string of the molecule is CC=CCN(C)C(=N)CC(CC)NCc1cc(CC)ccc1Cl. The van der Waals surface area contributed by atoms with Crippen LogP contribution in [0, 0.1) is 5.41 Å². The Kier molecular flexibility index (Phi) is 8.97. The van der Waals surface area contributed by atoms with Gasteiger partial charge in [-0.15, -0.1) is 0 Å². The van der Waals surface area contributed by atoms with E-state index >= 15 is 0 Å². The molecule has 0 aliphatic heterocycles. The molecule has 0 saturated heterocycles. The molecular weight excluding hydrogens is 306 g/mol. The number of likely N-dealkylation sites (N-methyl/N-ethyl adjacent to an activating group) is 1. The van der Waals surface area contributed by atoms with Gasteiger partial charge in [0.15, 0.2) is 0 Å². The molecule has 1 unspecified atom stereocenters. The van der Waals surface area contributed by atoms with Crippen LogP contribution in [0.3, 0.4) is 0 Å². The Balaban J connectivity index is 2.58. The molecule has 1 atom stereocenters. The van der Waals surface area contributed by atoms with Crippen molar-refractivity contribution < 1.29 is 0 Å². The van der Waals surface area contributed by atoms with Crippen molar-refractivity contribution in [2.45, 2.75) is 52.6 Å². The zero-order valence-electron chi connectivity index (χ0n) is 14.8. The van der Waals surface area contributed by atoms with Crippen LogP contribution in [0.4, 0.5) is 0 Å². The first kappa shape index (κ1) is 19.7. The van der Waals surface area contributed by atoms with E-state index in [0.29, 0.717) is 5.84 Å². The van der Waals surface area contributed by atoms with Crippen LogP contribution in [0.2, 0.25) is 5.02 Å². The fourth-order valence-electron chi connectivity index (χ4n) is 2.36. The fraction of sp³-hybridized carbons (Fsp3) is 0.526. The molecular formula is C19H30ClN3. The van der Waals surface area contributed by atoms with Crippen LogP contribution in [0.1, 0.15) is 44.7 Å². The molecule has 0 amide bonds. The maximum absolute atomic E-state index is 8.22. The highest BCUT2D eigenvalue weighted by atomic mass is 35.5. The number of nitrogens with one attached hydrogen (secondary N) is 2. The molecule has 2 N–H and O–H groups in total. The maximum atomic E-state index is 8.22. The molecule has 23 heavy (non-hydrogen) atoms. The highest BCUT2D eigenvalue weighted by Gasteiger charge is 2.12. The third kappa shape index (κ3) is 6.76. The van der Waals surface area contributed by atoms with Gasteiger partial charge in [0.05, 0.1) is 5.84 Å².